The van der Waals surface area contributed by atoms with Gasteiger partial charge in [-0.15, -0.1) is 0 Å². The Bertz CT molecular complexity index is 862. The fraction of sp³-hybridized carbons (Fsp3) is 0.211. The largest absolute Gasteiger partial charge is 0.478 e. The molecule has 5 heteroatoms. The van der Waals surface area contributed by atoms with Gasteiger partial charge in [0, 0.05) is 21.7 Å². The normalized spacial score (nSPS) is 24.2. The fourth-order valence-corrected chi connectivity index (χ4v) is 4.32. The van der Waals surface area contributed by atoms with E-state index in [9.17, 15) is 9.90 Å². The molecule has 2 aromatic rings. The lowest BCUT2D eigenvalue weighted by molar-refractivity contribution is 0.0696. The van der Waals surface area contributed by atoms with Crippen LogP contribution in [0, 0.1) is 5.92 Å². The van der Waals surface area contributed by atoms with E-state index in [1.54, 1.807) is 18.2 Å². The first kappa shape index (κ1) is 15.6. The van der Waals surface area contributed by atoms with Crippen LogP contribution in [0.1, 0.15) is 39.9 Å². The molecule has 1 heterocycles. The van der Waals surface area contributed by atoms with Crippen LogP contribution in [0.5, 0.6) is 0 Å². The van der Waals surface area contributed by atoms with Gasteiger partial charge in [0.15, 0.2) is 0 Å². The van der Waals surface area contributed by atoms with Crippen molar-refractivity contribution in [2.45, 2.75) is 18.4 Å². The molecule has 0 amide bonds. The summed E-state index contributed by atoms with van der Waals surface area (Å²) in [7, 11) is 0. The fourth-order valence-electron chi connectivity index (χ4n) is 3.79. The van der Waals surface area contributed by atoms with Crippen molar-refractivity contribution < 1.29 is 9.90 Å². The number of hydrogen-bond donors (Lipinski definition) is 2. The van der Waals surface area contributed by atoms with Crippen molar-refractivity contribution in [1.82, 2.24) is 0 Å². The number of anilines is 1. The van der Waals surface area contributed by atoms with Gasteiger partial charge in [-0.1, -0.05) is 41.4 Å². The summed E-state index contributed by atoms with van der Waals surface area (Å²) in [4.78, 5) is 11.3. The molecule has 1 aliphatic heterocycles. The molecule has 1 aliphatic carbocycles. The molecule has 122 valence electrons. The average Bonchev–Trinajstić information content (AvgIpc) is 3.04. The van der Waals surface area contributed by atoms with Gasteiger partial charge in [0.2, 0.25) is 0 Å². The number of halogens is 2. The van der Waals surface area contributed by atoms with E-state index in [1.165, 1.54) is 0 Å². The zero-order valence-corrected chi connectivity index (χ0v) is 14.2. The Morgan fingerprint density at radius 3 is 2.71 bits per heavy atom. The first-order chi connectivity index (χ1) is 11.5. The van der Waals surface area contributed by atoms with Crippen LogP contribution in [0.2, 0.25) is 10.0 Å². The zero-order chi connectivity index (χ0) is 16.8. The van der Waals surface area contributed by atoms with E-state index in [4.69, 9.17) is 23.2 Å². The molecule has 2 aromatic carbocycles. The highest BCUT2D eigenvalue weighted by atomic mass is 35.5. The van der Waals surface area contributed by atoms with Gasteiger partial charge in [0.1, 0.15) is 0 Å². The van der Waals surface area contributed by atoms with Crippen LogP contribution >= 0.6 is 23.2 Å². The third kappa shape index (κ3) is 2.48. The van der Waals surface area contributed by atoms with Gasteiger partial charge in [-0.05, 0) is 53.8 Å². The van der Waals surface area contributed by atoms with Crippen molar-refractivity contribution in [1.29, 1.82) is 0 Å². The Hall–Kier alpha value is -1.97. The Morgan fingerprint density at radius 1 is 1.12 bits per heavy atom. The lowest BCUT2D eigenvalue weighted by Gasteiger charge is -2.38. The minimum Gasteiger partial charge on any atom is -0.478 e. The first-order valence-corrected chi connectivity index (χ1v) is 8.55. The van der Waals surface area contributed by atoms with E-state index in [2.05, 4.69) is 17.5 Å². The van der Waals surface area contributed by atoms with Crippen LogP contribution in [-0.4, -0.2) is 11.1 Å². The summed E-state index contributed by atoms with van der Waals surface area (Å²) in [6.45, 7) is 0. The average molecular weight is 360 g/mol. The number of benzene rings is 2. The van der Waals surface area contributed by atoms with Crippen molar-refractivity contribution >= 4 is 34.9 Å². The minimum atomic E-state index is -0.904. The molecule has 0 saturated carbocycles. The lowest BCUT2D eigenvalue weighted by Crippen LogP contribution is -2.29. The van der Waals surface area contributed by atoms with Crippen LogP contribution in [-0.2, 0) is 0 Å². The number of nitrogens with one attached hydrogen (secondary N) is 1. The second kappa shape index (κ2) is 5.83. The predicted molar refractivity (Wildman–Crippen MR) is 96.2 cm³/mol. The molecular weight excluding hydrogens is 345 g/mol. The van der Waals surface area contributed by atoms with Crippen molar-refractivity contribution in [2.75, 3.05) is 5.32 Å². The standard InChI is InChI=1S/C19H15Cl2NO2/c20-11-5-6-14(16(21)9-11)18-13-3-1-2-12(13)15-8-10(19(23)24)4-7-17(15)22-18/h1-2,4-9,12-13,18,22H,3H2,(H,23,24)/t12?,13?,18-/m0/s1. The summed E-state index contributed by atoms with van der Waals surface area (Å²) in [6.07, 6.45) is 5.27. The number of allylic oxidation sites excluding steroid dienone is 2. The molecule has 0 fully saturated rings. The molecule has 3 nitrogen and oxygen atoms in total. The van der Waals surface area contributed by atoms with Gasteiger partial charge in [0.25, 0.3) is 0 Å². The molecule has 2 aliphatic rings. The van der Waals surface area contributed by atoms with E-state index < -0.39 is 5.97 Å². The Kier molecular flexibility index (Phi) is 3.78. The summed E-state index contributed by atoms with van der Waals surface area (Å²) in [5.41, 5.74) is 3.34. The summed E-state index contributed by atoms with van der Waals surface area (Å²) in [5, 5.41) is 14.1. The summed E-state index contributed by atoms with van der Waals surface area (Å²) < 4.78 is 0. The smallest absolute Gasteiger partial charge is 0.335 e. The molecule has 0 aromatic heterocycles. The van der Waals surface area contributed by atoms with Gasteiger partial charge in [-0.2, -0.15) is 0 Å². The molecule has 3 atom stereocenters. The number of carboxylic acid groups (broad SMARTS) is 1. The molecule has 0 saturated heterocycles. The Morgan fingerprint density at radius 2 is 1.96 bits per heavy atom. The maximum atomic E-state index is 11.3. The first-order valence-electron chi connectivity index (χ1n) is 7.80. The molecule has 0 radical (unpaired) electrons. The lowest BCUT2D eigenvalue weighted by atomic mass is 9.76. The number of aromatic carboxylic acids is 1. The number of carbonyl (C=O) groups is 1. The highest BCUT2D eigenvalue weighted by Crippen LogP contribution is 2.51. The quantitative estimate of drug-likeness (QED) is 0.694. The third-order valence-corrected chi connectivity index (χ3v) is 5.47. The van der Waals surface area contributed by atoms with Gasteiger partial charge in [-0.25, -0.2) is 4.79 Å². The molecule has 0 bridgehead atoms. The van der Waals surface area contributed by atoms with Crippen molar-refractivity contribution in [2.24, 2.45) is 5.92 Å². The molecule has 2 unspecified atom stereocenters. The predicted octanol–water partition coefficient (Wildman–Crippen LogP) is 5.52. The van der Waals surface area contributed by atoms with E-state index in [-0.39, 0.29) is 12.0 Å². The van der Waals surface area contributed by atoms with E-state index in [0.717, 1.165) is 23.2 Å². The Balaban J connectivity index is 1.79. The van der Waals surface area contributed by atoms with Gasteiger partial charge in [0.05, 0.1) is 11.6 Å². The van der Waals surface area contributed by atoms with Crippen LogP contribution in [0.4, 0.5) is 5.69 Å². The molecule has 2 N–H and O–H groups in total. The monoisotopic (exact) mass is 359 g/mol. The second-order valence-electron chi connectivity index (χ2n) is 6.25. The van der Waals surface area contributed by atoms with Gasteiger partial charge in [-0.3, -0.25) is 0 Å². The maximum Gasteiger partial charge on any atom is 0.335 e. The minimum absolute atomic E-state index is 0.0675. The van der Waals surface area contributed by atoms with Crippen LogP contribution in [0.25, 0.3) is 0 Å². The number of hydrogen-bond acceptors (Lipinski definition) is 2. The van der Waals surface area contributed by atoms with Crippen LogP contribution < -0.4 is 5.32 Å². The third-order valence-electron chi connectivity index (χ3n) is 4.91. The van der Waals surface area contributed by atoms with Crippen LogP contribution in [0.15, 0.2) is 48.6 Å². The van der Waals surface area contributed by atoms with Crippen LogP contribution in [0.3, 0.4) is 0 Å². The van der Waals surface area contributed by atoms with Crippen molar-refractivity contribution in [3.05, 3.63) is 75.3 Å². The SMILES string of the molecule is O=C(O)c1ccc2c(c1)C1C=CCC1[C@@H](c1ccc(Cl)cc1Cl)N2. The molecule has 4 rings (SSSR count). The highest BCUT2D eigenvalue weighted by Gasteiger charge is 2.38. The van der Waals surface area contributed by atoms with Crippen molar-refractivity contribution in [3.63, 3.8) is 0 Å². The summed E-state index contributed by atoms with van der Waals surface area (Å²) in [6, 6.07) is 10.9. The van der Waals surface area contributed by atoms with Crippen molar-refractivity contribution in [3.8, 4) is 0 Å². The molecule has 24 heavy (non-hydrogen) atoms. The summed E-state index contributed by atoms with van der Waals surface area (Å²) in [5.74, 6) is -0.406. The number of carboxylic acids is 1. The van der Waals surface area contributed by atoms with Gasteiger partial charge >= 0.3 is 5.97 Å². The zero-order valence-electron chi connectivity index (χ0n) is 12.7. The second-order valence-corrected chi connectivity index (χ2v) is 7.09. The van der Waals surface area contributed by atoms with E-state index in [0.29, 0.717) is 21.5 Å². The highest BCUT2D eigenvalue weighted by molar-refractivity contribution is 6.35. The summed E-state index contributed by atoms with van der Waals surface area (Å²) >= 11 is 12.4. The molecule has 0 spiro atoms. The van der Waals surface area contributed by atoms with E-state index in [1.807, 2.05) is 18.2 Å². The number of rotatable bonds is 2. The maximum absolute atomic E-state index is 11.3. The Labute approximate surface area is 149 Å². The number of fused-ring (bicyclic) bond motifs is 3. The molecular formula is C19H15Cl2NO2. The topological polar surface area (TPSA) is 49.3 Å². The van der Waals surface area contributed by atoms with Gasteiger partial charge < -0.3 is 10.4 Å². The van der Waals surface area contributed by atoms with E-state index >= 15 is 0 Å².